The topological polar surface area (TPSA) is 59.0 Å². The van der Waals surface area contributed by atoms with Gasteiger partial charge in [0, 0.05) is 6.54 Å². The zero-order chi connectivity index (χ0) is 19.8. The summed E-state index contributed by atoms with van der Waals surface area (Å²) in [5.74, 6) is 0. The molecule has 0 aromatic carbocycles. The van der Waals surface area contributed by atoms with E-state index in [0.29, 0.717) is 13.0 Å². The van der Waals surface area contributed by atoms with Crippen LogP contribution in [0.3, 0.4) is 0 Å². The van der Waals surface area contributed by atoms with Crippen LogP contribution in [0.2, 0.25) is 18.1 Å². The summed E-state index contributed by atoms with van der Waals surface area (Å²) in [4.78, 5) is 14.4. The Morgan fingerprint density at radius 1 is 1.16 bits per heavy atom. The standard InChI is InChI=1S/C19H39NO4Si/c1-11-19(8,22)15-14(24-25(9,10)18(5,6)7)12-13-20(15)16(21)23-17(2,3)4/h14-15,22H,11-13H2,1-10H3/t14-,15-,19?/m0/s1. The number of ether oxygens (including phenoxy) is 1. The third-order valence-electron chi connectivity index (χ3n) is 5.58. The molecule has 1 fully saturated rings. The number of rotatable bonds is 4. The monoisotopic (exact) mass is 373 g/mol. The molecule has 1 saturated heterocycles. The Morgan fingerprint density at radius 3 is 2.08 bits per heavy atom. The van der Waals surface area contributed by atoms with Crippen LogP contribution >= 0.6 is 0 Å². The summed E-state index contributed by atoms with van der Waals surface area (Å²) in [5.41, 5.74) is -1.57. The fraction of sp³-hybridized carbons (Fsp3) is 0.947. The molecule has 148 valence electrons. The van der Waals surface area contributed by atoms with Gasteiger partial charge in [0.25, 0.3) is 0 Å². The normalized spacial score (nSPS) is 25.0. The largest absolute Gasteiger partial charge is 0.444 e. The maximum atomic E-state index is 12.7. The Balaban J connectivity index is 3.10. The summed E-state index contributed by atoms with van der Waals surface area (Å²) < 4.78 is 12.2. The first-order valence-corrected chi connectivity index (χ1v) is 12.3. The zero-order valence-electron chi connectivity index (χ0n) is 17.9. The lowest BCUT2D eigenvalue weighted by molar-refractivity contribution is -0.0611. The van der Waals surface area contributed by atoms with E-state index in [0.717, 1.165) is 6.42 Å². The van der Waals surface area contributed by atoms with Gasteiger partial charge in [-0.2, -0.15) is 0 Å². The van der Waals surface area contributed by atoms with E-state index in [1.54, 1.807) is 11.8 Å². The molecule has 6 heteroatoms. The molecule has 25 heavy (non-hydrogen) atoms. The second-order valence-electron chi connectivity index (χ2n) is 10.0. The zero-order valence-corrected chi connectivity index (χ0v) is 18.9. The molecule has 5 nitrogen and oxygen atoms in total. The Morgan fingerprint density at radius 2 is 1.68 bits per heavy atom. The van der Waals surface area contributed by atoms with E-state index in [4.69, 9.17) is 9.16 Å². The third-order valence-corrected chi connectivity index (χ3v) is 10.1. The lowest BCUT2D eigenvalue weighted by atomic mass is 9.90. The summed E-state index contributed by atoms with van der Waals surface area (Å²) >= 11 is 0. The van der Waals surface area contributed by atoms with Crippen LogP contribution in [0.4, 0.5) is 4.79 Å². The number of likely N-dealkylation sites (tertiary alicyclic amines) is 1. The van der Waals surface area contributed by atoms with Gasteiger partial charge in [0.1, 0.15) is 5.60 Å². The van der Waals surface area contributed by atoms with Gasteiger partial charge in [-0.1, -0.05) is 27.7 Å². The molecule has 0 aliphatic carbocycles. The first-order chi connectivity index (χ1) is 11.0. The van der Waals surface area contributed by atoms with Gasteiger partial charge in [0.05, 0.1) is 17.7 Å². The minimum Gasteiger partial charge on any atom is -0.444 e. The Hall–Kier alpha value is -0.593. The van der Waals surface area contributed by atoms with Crippen LogP contribution in [-0.2, 0) is 9.16 Å². The fourth-order valence-electron chi connectivity index (χ4n) is 2.91. The van der Waals surface area contributed by atoms with E-state index in [-0.39, 0.29) is 23.3 Å². The molecule has 0 bridgehead atoms. The molecule has 1 unspecified atom stereocenters. The first kappa shape index (κ1) is 22.4. The van der Waals surface area contributed by atoms with E-state index in [1.807, 2.05) is 27.7 Å². The van der Waals surface area contributed by atoms with Crippen LogP contribution in [0.15, 0.2) is 0 Å². The molecule has 1 heterocycles. The molecule has 0 aromatic rings. The fourth-order valence-corrected chi connectivity index (χ4v) is 4.27. The highest BCUT2D eigenvalue weighted by Crippen LogP contribution is 2.41. The number of hydrogen-bond acceptors (Lipinski definition) is 4. The lowest BCUT2D eigenvalue weighted by Crippen LogP contribution is -2.57. The summed E-state index contributed by atoms with van der Waals surface area (Å²) in [6, 6.07) is -0.388. The number of aliphatic hydroxyl groups is 1. The molecule has 1 N–H and O–H groups in total. The molecular weight excluding hydrogens is 334 g/mol. The van der Waals surface area contributed by atoms with E-state index in [1.165, 1.54) is 0 Å². The molecule has 1 amide bonds. The quantitative estimate of drug-likeness (QED) is 0.735. The lowest BCUT2D eigenvalue weighted by Gasteiger charge is -2.44. The second kappa shape index (κ2) is 7.20. The highest BCUT2D eigenvalue weighted by atomic mass is 28.4. The van der Waals surface area contributed by atoms with Crippen molar-refractivity contribution in [1.82, 2.24) is 4.90 Å². The van der Waals surface area contributed by atoms with E-state index < -0.39 is 19.5 Å². The predicted octanol–water partition coefficient (Wildman–Crippen LogP) is 4.55. The van der Waals surface area contributed by atoms with Crippen molar-refractivity contribution in [2.45, 2.75) is 110 Å². The number of hydrogen-bond donors (Lipinski definition) is 1. The molecular formula is C19H39NO4Si. The predicted molar refractivity (Wildman–Crippen MR) is 104 cm³/mol. The molecule has 1 aliphatic rings. The highest BCUT2D eigenvalue weighted by Gasteiger charge is 2.51. The van der Waals surface area contributed by atoms with Crippen molar-refractivity contribution >= 4 is 14.4 Å². The smallest absolute Gasteiger partial charge is 0.410 e. The molecule has 0 aromatic heterocycles. The van der Waals surface area contributed by atoms with Crippen LogP contribution in [0.25, 0.3) is 0 Å². The minimum atomic E-state index is -2.00. The molecule has 1 rings (SSSR count). The van der Waals surface area contributed by atoms with Crippen molar-refractivity contribution in [3.8, 4) is 0 Å². The van der Waals surface area contributed by atoms with Crippen molar-refractivity contribution in [2.75, 3.05) is 6.54 Å². The van der Waals surface area contributed by atoms with Gasteiger partial charge in [-0.3, -0.25) is 4.90 Å². The number of carbonyl (C=O) groups excluding carboxylic acids is 1. The maximum Gasteiger partial charge on any atom is 0.410 e. The third kappa shape index (κ3) is 5.44. The SMILES string of the molecule is CCC(C)(O)[C@@H]1[C@@H](O[Si](C)(C)C(C)(C)C)CCN1C(=O)OC(C)(C)C. The van der Waals surface area contributed by atoms with Crippen molar-refractivity contribution in [2.24, 2.45) is 0 Å². The molecule has 0 radical (unpaired) electrons. The van der Waals surface area contributed by atoms with Crippen LogP contribution in [-0.4, -0.2) is 54.3 Å². The summed E-state index contributed by atoms with van der Waals surface area (Å²) in [5, 5.41) is 11.1. The second-order valence-corrected chi connectivity index (χ2v) is 14.8. The summed E-state index contributed by atoms with van der Waals surface area (Å²) in [7, 11) is -2.00. The average Bonchev–Trinajstić information content (AvgIpc) is 2.79. The average molecular weight is 374 g/mol. The number of nitrogens with zero attached hydrogens (tertiary/aromatic N) is 1. The van der Waals surface area contributed by atoms with Crippen molar-refractivity contribution in [3.05, 3.63) is 0 Å². The van der Waals surface area contributed by atoms with Gasteiger partial charge in [0.15, 0.2) is 8.32 Å². The van der Waals surface area contributed by atoms with Gasteiger partial charge in [0.2, 0.25) is 0 Å². The Labute approximate surface area is 155 Å². The van der Waals surface area contributed by atoms with Gasteiger partial charge in [-0.25, -0.2) is 4.79 Å². The molecule has 0 spiro atoms. The van der Waals surface area contributed by atoms with Gasteiger partial charge in [-0.05, 0) is 58.7 Å². The Kier molecular flexibility index (Phi) is 6.46. The van der Waals surface area contributed by atoms with Gasteiger partial charge < -0.3 is 14.3 Å². The van der Waals surface area contributed by atoms with Crippen LogP contribution in [0, 0.1) is 0 Å². The van der Waals surface area contributed by atoms with Gasteiger partial charge in [-0.15, -0.1) is 0 Å². The van der Waals surface area contributed by atoms with Crippen LogP contribution in [0.5, 0.6) is 0 Å². The van der Waals surface area contributed by atoms with E-state index in [2.05, 4.69) is 33.9 Å². The van der Waals surface area contributed by atoms with Gasteiger partial charge >= 0.3 is 6.09 Å². The minimum absolute atomic E-state index is 0.0783. The van der Waals surface area contributed by atoms with Crippen LogP contribution < -0.4 is 0 Å². The van der Waals surface area contributed by atoms with E-state index in [9.17, 15) is 9.90 Å². The number of carbonyl (C=O) groups is 1. The molecule has 1 aliphatic heterocycles. The Bertz CT molecular complexity index is 477. The van der Waals surface area contributed by atoms with Crippen LogP contribution in [0.1, 0.15) is 68.2 Å². The van der Waals surface area contributed by atoms with Crippen molar-refractivity contribution < 1.29 is 19.1 Å². The first-order valence-electron chi connectivity index (χ1n) is 9.41. The summed E-state index contributed by atoms with van der Waals surface area (Å²) in [6.07, 6.45) is 0.747. The van der Waals surface area contributed by atoms with Crippen molar-refractivity contribution in [1.29, 1.82) is 0 Å². The summed E-state index contributed by atoms with van der Waals surface area (Å²) in [6.45, 7) is 20.9. The van der Waals surface area contributed by atoms with Crippen molar-refractivity contribution in [3.63, 3.8) is 0 Å². The molecule has 0 saturated carbocycles. The number of amides is 1. The highest BCUT2D eigenvalue weighted by molar-refractivity contribution is 6.74. The maximum absolute atomic E-state index is 12.7. The van der Waals surface area contributed by atoms with E-state index >= 15 is 0 Å². The molecule has 3 atom stereocenters.